The van der Waals surface area contributed by atoms with E-state index in [1.165, 1.54) is 0 Å². The van der Waals surface area contributed by atoms with E-state index < -0.39 is 0 Å². The Bertz CT molecular complexity index is 968. The number of nitrogens with one attached hydrogen (secondary N) is 2. The third-order valence-electron chi connectivity index (χ3n) is 4.40. The summed E-state index contributed by atoms with van der Waals surface area (Å²) in [7, 11) is 3.11. The molecule has 2 aromatic carbocycles. The second-order valence-corrected chi connectivity index (χ2v) is 6.39. The molecule has 29 heavy (non-hydrogen) atoms. The van der Waals surface area contributed by atoms with E-state index in [1.54, 1.807) is 38.5 Å². The second-order valence-electron chi connectivity index (χ2n) is 6.39. The number of H-pyrrole nitrogens is 1. The van der Waals surface area contributed by atoms with Gasteiger partial charge in [-0.25, -0.2) is 0 Å². The van der Waals surface area contributed by atoms with Crippen LogP contribution in [0, 0.1) is 0 Å². The third-order valence-corrected chi connectivity index (χ3v) is 4.40. The smallest absolute Gasteiger partial charge is 0.273 e. The zero-order valence-corrected chi connectivity index (χ0v) is 16.8. The molecule has 0 unspecified atom stereocenters. The van der Waals surface area contributed by atoms with Crippen molar-refractivity contribution in [3.05, 3.63) is 54.2 Å². The van der Waals surface area contributed by atoms with Crippen LogP contribution < -0.4 is 19.5 Å². The minimum Gasteiger partial charge on any atom is -0.497 e. The van der Waals surface area contributed by atoms with Gasteiger partial charge in [0.25, 0.3) is 5.91 Å². The van der Waals surface area contributed by atoms with Gasteiger partial charge >= 0.3 is 0 Å². The second kappa shape index (κ2) is 9.64. The number of aromatic amines is 1. The molecule has 0 bridgehead atoms. The first-order valence-corrected chi connectivity index (χ1v) is 9.47. The maximum absolute atomic E-state index is 12.7. The van der Waals surface area contributed by atoms with Crippen molar-refractivity contribution in [2.75, 3.05) is 26.1 Å². The Kier molecular flexibility index (Phi) is 6.73. The van der Waals surface area contributed by atoms with E-state index in [9.17, 15) is 4.79 Å². The lowest BCUT2D eigenvalue weighted by Crippen LogP contribution is -2.13. The fourth-order valence-corrected chi connectivity index (χ4v) is 2.81. The highest BCUT2D eigenvalue weighted by atomic mass is 16.5. The van der Waals surface area contributed by atoms with Gasteiger partial charge in [0.05, 0.1) is 32.2 Å². The molecule has 7 nitrogen and oxygen atoms in total. The number of unbranched alkanes of at least 4 members (excludes halogenated alkanes) is 1. The fourth-order valence-electron chi connectivity index (χ4n) is 2.81. The van der Waals surface area contributed by atoms with Gasteiger partial charge in [0, 0.05) is 11.6 Å². The normalized spacial score (nSPS) is 10.4. The van der Waals surface area contributed by atoms with Crippen molar-refractivity contribution in [3.63, 3.8) is 0 Å². The first-order valence-electron chi connectivity index (χ1n) is 9.47. The molecule has 3 aromatic rings. The monoisotopic (exact) mass is 395 g/mol. The standard InChI is InChI=1S/C22H25N3O4/c1-4-5-12-29-20-9-7-6-8-16(20)17-14-19(25-24-17)22(26)23-18-13-15(27-2)10-11-21(18)28-3/h6-11,13-14H,4-5,12H2,1-3H3,(H,23,26)(H,24,25). The van der Waals surface area contributed by atoms with Crippen molar-refractivity contribution in [1.82, 2.24) is 10.2 Å². The van der Waals surface area contributed by atoms with Crippen molar-refractivity contribution < 1.29 is 19.0 Å². The molecular formula is C22H25N3O4. The summed E-state index contributed by atoms with van der Waals surface area (Å²) in [6, 6.07) is 14.5. The Labute approximate surface area is 170 Å². The SMILES string of the molecule is CCCCOc1ccccc1-c1cc(C(=O)Nc2cc(OC)ccc2OC)[nH]n1. The van der Waals surface area contributed by atoms with Gasteiger partial charge in [-0.2, -0.15) is 5.10 Å². The van der Waals surface area contributed by atoms with E-state index in [2.05, 4.69) is 22.4 Å². The molecular weight excluding hydrogens is 370 g/mol. The fraction of sp³-hybridized carbons (Fsp3) is 0.273. The summed E-state index contributed by atoms with van der Waals surface area (Å²) < 4.78 is 16.4. The molecule has 1 aromatic heterocycles. The van der Waals surface area contributed by atoms with Crippen LogP contribution in [-0.4, -0.2) is 36.9 Å². The average Bonchev–Trinajstić information content (AvgIpc) is 3.24. The Morgan fingerprint density at radius 3 is 2.66 bits per heavy atom. The number of hydrogen-bond donors (Lipinski definition) is 2. The summed E-state index contributed by atoms with van der Waals surface area (Å²) >= 11 is 0. The number of carbonyl (C=O) groups excluding carboxylic acids is 1. The van der Waals surface area contributed by atoms with Crippen LogP contribution in [0.1, 0.15) is 30.3 Å². The highest BCUT2D eigenvalue weighted by Gasteiger charge is 2.16. The Balaban J connectivity index is 1.80. The number of nitrogens with zero attached hydrogens (tertiary/aromatic N) is 1. The average molecular weight is 395 g/mol. The van der Waals surface area contributed by atoms with E-state index in [-0.39, 0.29) is 5.91 Å². The van der Waals surface area contributed by atoms with Gasteiger partial charge in [0.1, 0.15) is 22.9 Å². The number of rotatable bonds is 9. The lowest BCUT2D eigenvalue weighted by atomic mass is 10.1. The third kappa shape index (κ3) is 4.87. The summed E-state index contributed by atoms with van der Waals surface area (Å²) in [6.45, 7) is 2.76. The number of carbonyl (C=O) groups is 1. The largest absolute Gasteiger partial charge is 0.497 e. The predicted octanol–water partition coefficient (Wildman–Crippen LogP) is 4.53. The summed E-state index contributed by atoms with van der Waals surface area (Å²) in [4.78, 5) is 12.7. The van der Waals surface area contributed by atoms with Gasteiger partial charge < -0.3 is 19.5 Å². The quantitative estimate of drug-likeness (QED) is 0.520. The number of aromatic nitrogens is 2. The molecule has 3 rings (SSSR count). The first kappa shape index (κ1) is 20.3. The van der Waals surface area contributed by atoms with E-state index in [4.69, 9.17) is 14.2 Å². The number of amides is 1. The molecule has 0 aliphatic carbocycles. The Morgan fingerprint density at radius 2 is 1.90 bits per heavy atom. The summed E-state index contributed by atoms with van der Waals surface area (Å²) in [5, 5.41) is 9.92. The van der Waals surface area contributed by atoms with Crippen LogP contribution in [0.15, 0.2) is 48.5 Å². The molecule has 152 valence electrons. The van der Waals surface area contributed by atoms with Gasteiger partial charge in [0.15, 0.2) is 0 Å². The number of anilines is 1. The van der Waals surface area contributed by atoms with E-state index in [0.717, 1.165) is 24.2 Å². The van der Waals surface area contributed by atoms with E-state index in [0.29, 0.717) is 35.2 Å². The number of hydrogen-bond acceptors (Lipinski definition) is 5. The molecule has 1 heterocycles. The van der Waals surface area contributed by atoms with Gasteiger partial charge in [-0.1, -0.05) is 25.5 Å². The number of para-hydroxylation sites is 1. The van der Waals surface area contributed by atoms with Crippen molar-refractivity contribution in [3.8, 4) is 28.5 Å². The van der Waals surface area contributed by atoms with Crippen LogP contribution in [-0.2, 0) is 0 Å². The minimum atomic E-state index is -0.334. The van der Waals surface area contributed by atoms with Crippen LogP contribution in [0.25, 0.3) is 11.3 Å². The Hall–Kier alpha value is -3.48. The van der Waals surface area contributed by atoms with Crippen molar-refractivity contribution >= 4 is 11.6 Å². The number of ether oxygens (including phenoxy) is 3. The molecule has 0 spiro atoms. The predicted molar refractivity (Wildman–Crippen MR) is 112 cm³/mol. The molecule has 0 atom stereocenters. The zero-order valence-electron chi connectivity index (χ0n) is 16.8. The molecule has 0 saturated carbocycles. The van der Waals surface area contributed by atoms with Crippen LogP contribution in [0.3, 0.4) is 0 Å². The number of benzene rings is 2. The van der Waals surface area contributed by atoms with Gasteiger partial charge in [-0.05, 0) is 36.8 Å². The molecule has 7 heteroatoms. The van der Waals surface area contributed by atoms with Crippen LogP contribution in [0.4, 0.5) is 5.69 Å². The number of methoxy groups -OCH3 is 2. The summed E-state index contributed by atoms with van der Waals surface area (Å²) in [6.07, 6.45) is 2.04. The lowest BCUT2D eigenvalue weighted by molar-refractivity contribution is 0.102. The lowest BCUT2D eigenvalue weighted by Gasteiger charge is -2.11. The molecule has 0 fully saturated rings. The maximum atomic E-state index is 12.7. The highest BCUT2D eigenvalue weighted by molar-refractivity contribution is 6.04. The highest BCUT2D eigenvalue weighted by Crippen LogP contribution is 2.31. The van der Waals surface area contributed by atoms with Crippen LogP contribution in [0.2, 0.25) is 0 Å². The topological polar surface area (TPSA) is 85.5 Å². The van der Waals surface area contributed by atoms with E-state index in [1.807, 2.05) is 24.3 Å². The van der Waals surface area contributed by atoms with Crippen LogP contribution in [0.5, 0.6) is 17.2 Å². The molecule has 0 radical (unpaired) electrons. The van der Waals surface area contributed by atoms with Gasteiger partial charge in [-0.15, -0.1) is 0 Å². The molecule has 0 aliphatic heterocycles. The first-order chi connectivity index (χ1) is 14.2. The molecule has 0 saturated heterocycles. The molecule has 0 aliphatic rings. The summed E-state index contributed by atoms with van der Waals surface area (Å²) in [5.74, 6) is 1.56. The van der Waals surface area contributed by atoms with Crippen LogP contribution >= 0.6 is 0 Å². The summed E-state index contributed by atoms with van der Waals surface area (Å²) in [5.41, 5.74) is 2.31. The van der Waals surface area contributed by atoms with Crippen molar-refractivity contribution in [2.24, 2.45) is 0 Å². The minimum absolute atomic E-state index is 0.327. The zero-order chi connectivity index (χ0) is 20.6. The van der Waals surface area contributed by atoms with Gasteiger partial charge in [0.2, 0.25) is 0 Å². The van der Waals surface area contributed by atoms with E-state index >= 15 is 0 Å². The maximum Gasteiger partial charge on any atom is 0.273 e. The van der Waals surface area contributed by atoms with Gasteiger partial charge in [-0.3, -0.25) is 9.89 Å². The van der Waals surface area contributed by atoms with Crippen molar-refractivity contribution in [2.45, 2.75) is 19.8 Å². The Morgan fingerprint density at radius 1 is 1.07 bits per heavy atom. The molecule has 1 amide bonds. The van der Waals surface area contributed by atoms with Crippen molar-refractivity contribution in [1.29, 1.82) is 0 Å². The molecule has 2 N–H and O–H groups in total.